The number of aliphatic imine (C=N–C) groups is 1. The number of carbonyl (C=O) groups excluding carboxylic acids is 3. The molecule has 230 valence electrons. The average molecular weight is 665 g/mol. The third kappa shape index (κ3) is 7.97. The molecule has 0 aromatic carbocycles. The molecule has 13 heteroatoms. The first kappa shape index (κ1) is 41.3. The van der Waals surface area contributed by atoms with Crippen LogP contribution in [0.1, 0.15) is 94.1 Å². The predicted octanol–water partition coefficient (Wildman–Crippen LogP) is -8.52. The van der Waals surface area contributed by atoms with E-state index in [9.17, 15) is 29.7 Å². The van der Waals surface area contributed by atoms with E-state index in [-0.39, 0.29) is 124 Å². The van der Waals surface area contributed by atoms with Gasteiger partial charge in [-0.25, -0.2) is 0 Å². The van der Waals surface area contributed by atoms with Crippen LogP contribution in [0.2, 0.25) is 0 Å². The van der Waals surface area contributed by atoms with Crippen LogP contribution >= 0.6 is 0 Å². The summed E-state index contributed by atoms with van der Waals surface area (Å²) in [7, 11) is 0. The number of H-pyrrole nitrogens is 3. The van der Waals surface area contributed by atoms with Gasteiger partial charge in [-0.2, -0.15) is 0 Å². The molecule has 0 spiro atoms. The third-order valence-electron chi connectivity index (χ3n) is 9.19. The van der Waals surface area contributed by atoms with Crippen molar-refractivity contribution in [2.75, 3.05) is 0 Å². The number of hydrogen-bond donors (Lipinski definition) is 3. The Bertz CT molecular complexity index is 1930. The normalized spacial score (nSPS) is 16.5. The Labute approximate surface area is 339 Å². The third-order valence-corrected chi connectivity index (χ3v) is 9.19. The van der Waals surface area contributed by atoms with Crippen molar-refractivity contribution < 1.29 is 118 Å². The predicted molar refractivity (Wildman–Crippen MR) is 161 cm³/mol. The van der Waals surface area contributed by atoms with Crippen molar-refractivity contribution in [1.29, 1.82) is 0 Å². The van der Waals surface area contributed by atoms with Crippen molar-refractivity contribution in [3.05, 3.63) is 79.1 Å². The number of aliphatic carboxylic acids is 2. The molecule has 0 fully saturated rings. The van der Waals surface area contributed by atoms with Gasteiger partial charge < -0.3 is 44.7 Å². The van der Waals surface area contributed by atoms with Crippen LogP contribution in [0.4, 0.5) is 0 Å². The van der Waals surface area contributed by atoms with Crippen molar-refractivity contribution in [1.82, 2.24) is 15.0 Å². The largest absolute Gasteiger partial charge is 1.00 e. The van der Waals surface area contributed by atoms with E-state index < -0.39 is 30.2 Å². The summed E-state index contributed by atoms with van der Waals surface area (Å²) >= 11 is 0. The van der Waals surface area contributed by atoms with Crippen LogP contribution in [0.3, 0.4) is 0 Å². The molecule has 5 rings (SSSR count). The molecule has 8 bridgehead atoms. The molecule has 10 nitrogen and oxygen atoms in total. The minimum atomic E-state index is -1.46. The molecule has 2 aliphatic rings. The molecule has 2 atom stereocenters. The number of carboxylic acid groups (broad SMARTS) is 3. The summed E-state index contributed by atoms with van der Waals surface area (Å²) in [6.45, 7) is 13.7. The molecule has 0 saturated heterocycles. The van der Waals surface area contributed by atoms with Crippen molar-refractivity contribution in [2.45, 2.75) is 66.7 Å². The molecule has 2 aliphatic heterocycles. The molecule has 3 N–H and O–H groups in total. The van der Waals surface area contributed by atoms with Crippen LogP contribution in [-0.2, 0) is 22.4 Å². The summed E-state index contributed by atoms with van der Waals surface area (Å²) in [6.07, 6.45) is 5.98. The number of rotatable bonds is 8. The molecular formula is C34H35N4Na3O6. The van der Waals surface area contributed by atoms with E-state index in [0.717, 1.165) is 50.8 Å². The number of fused-ring (bicyclic) bond motifs is 7. The maximum Gasteiger partial charge on any atom is 1.00 e. The van der Waals surface area contributed by atoms with Gasteiger partial charge in [0.25, 0.3) is 0 Å². The standard InChI is InChI=1S/C34H38N4O6.3Na/c1-7-19-15(3)23-12-25-17(5)21(9-10-29(39)40)32(37-25)22(11-30(41)42)33-31(34(43)44)18(6)26(38-33)14-28-20(8-2)16(4)24(36-28)13-27(19)35-23;;;/h7,12-13,17,21,35-36,38H,1,8-11,14H2,2-6H3,(H,39,40)(H,41,42)(H,43,44);;;/q;3*+1/p-3/t17-,21-;;;/m0.../s1. The summed E-state index contributed by atoms with van der Waals surface area (Å²) in [5.74, 6) is -4.97. The molecular weight excluding hydrogens is 629 g/mol. The minimum Gasteiger partial charge on any atom is -0.550 e. The van der Waals surface area contributed by atoms with E-state index in [1.54, 1.807) is 13.0 Å². The number of carboxylic acids is 3. The maximum atomic E-state index is 12.6. The topological polar surface area (TPSA) is 180 Å². The zero-order valence-electron chi connectivity index (χ0n) is 28.5. The zero-order valence-corrected chi connectivity index (χ0v) is 34.5. The van der Waals surface area contributed by atoms with Crippen molar-refractivity contribution >= 4 is 47.4 Å². The average Bonchev–Trinajstić information content (AvgIpc) is 3.63. The van der Waals surface area contributed by atoms with Gasteiger partial charge in [-0.05, 0) is 74.4 Å². The molecule has 47 heavy (non-hydrogen) atoms. The van der Waals surface area contributed by atoms with Gasteiger partial charge >= 0.3 is 88.7 Å². The summed E-state index contributed by atoms with van der Waals surface area (Å²) in [6, 6.07) is 0. The smallest absolute Gasteiger partial charge is 0.550 e. The fraction of sp³-hybridized carbons (Fsp3) is 0.353. The first-order chi connectivity index (χ1) is 20.9. The number of hydrogen-bond acceptors (Lipinski definition) is 7. The molecule has 3 aromatic rings. The number of nitrogens with zero attached hydrogens (tertiary/aromatic N) is 1. The Hall–Kier alpha value is -1.86. The quantitative estimate of drug-likeness (QED) is 0.201. The van der Waals surface area contributed by atoms with Crippen LogP contribution < -0.4 is 115 Å². The van der Waals surface area contributed by atoms with Crippen LogP contribution in [-0.4, -0.2) is 38.6 Å². The van der Waals surface area contributed by atoms with Crippen LogP contribution in [0.25, 0.3) is 23.8 Å². The zero-order chi connectivity index (χ0) is 32.0. The fourth-order valence-corrected chi connectivity index (χ4v) is 6.77. The molecule has 0 amide bonds. The Balaban J connectivity index is 0.00000256. The molecule has 0 unspecified atom stereocenters. The number of allylic oxidation sites excluding steroid dienone is 1. The van der Waals surface area contributed by atoms with E-state index in [1.807, 2.05) is 32.9 Å². The number of aromatic carboxylic acids is 1. The SMILES string of the molecule is C=Cc1c(C)c2[nH]c1=Cc1[nH]c(c(CC)c1C)Cc1[nH]c(c(C(=O)[O-])c1C)C(CC(=O)[O-])=C1N=C(C=2)[C@@H](C)[C@@H]1CCC(=O)[O-].[Na+].[Na+].[Na+]. The second kappa shape index (κ2) is 16.7. The maximum absolute atomic E-state index is 12.6. The van der Waals surface area contributed by atoms with Crippen LogP contribution in [0, 0.1) is 32.6 Å². The van der Waals surface area contributed by atoms with E-state index in [1.165, 1.54) is 0 Å². The van der Waals surface area contributed by atoms with Crippen molar-refractivity contribution in [2.24, 2.45) is 16.8 Å². The minimum absolute atomic E-state index is 0. The van der Waals surface area contributed by atoms with Gasteiger partial charge in [0.05, 0.1) is 17.4 Å². The number of aromatic amines is 3. The van der Waals surface area contributed by atoms with E-state index in [2.05, 4.69) is 28.5 Å². The summed E-state index contributed by atoms with van der Waals surface area (Å²) < 4.78 is 0. The number of nitrogens with one attached hydrogen (secondary N) is 3. The first-order valence-corrected chi connectivity index (χ1v) is 14.7. The monoisotopic (exact) mass is 664 g/mol. The number of aromatic nitrogens is 3. The van der Waals surface area contributed by atoms with Gasteiger partial charge in [0.15, 0.2) is 0 Å². The number of carbonyl (C=O) groups is 3. The van der Waals surface area contributed by atoms with Gasteiger partial charge in [0.2, 0.25) is 0 Å². The van der Waals surface area contributed by atoms with Crippen molar-refractivity contribution in [3.63, 3.8) is 0 Å². The Morgan fingerprint density at radius 1 is 0.936 bits per heavy atom. The summed E-state index contributed by atoms with van der Waals surface area (Å²) in [4.78, 5) is 51.4. The summed E-state index contributed by atoms with van der Waals surface area (Å²) in [5.41, 5.74) is 7.80. The molecule has 3 aromatic heterocycles. The Morgan fingerprint density at radius 3 is 2.19 bits per heavy atom. The second-order valence-electron chi connectivity index (χ2n) is 11.7. The van der Waals surface area contributed by atoms with E-state index >= 15 is 0 Å². The molecule has 0 radical (unpaired) electrons. The van der Waals surface area contributed by atoms with E-state index in [0.29, 0.717) is 29.1 Å². The van der Waals surface area contributed by atoms with Gasteiger partial charge in [-0.15, -0.1) is 0 Å². The van der Waals surface area contributed by atoms with Crippen molar-refractivity contribution in [3.8, 4) is 0 Å². The summed E-state index contributed by atoms with van der Waals surface area (Å²) in [5, 5.41) is 37.9. The second-order valence-corrected chi connectivity index (χ2v) is 11.7. The fourth-order valence-electron chi connectivity index (χ4n) is 6.77. The van der Waals surface area contributed by atoms with Gasteiger partial charge in [0.1, 0.15) is 0 Å². The van der Waals surface area contributed by atoms with Crippen LogP contribution in [0.15, 0.2) is 17.3 Å². The Morgan fingerprint density at radius 2 is 1.62 bits per heavy atom. The molecule has 5 heterocycles. The molecule has 0 aliphatic carbocycles. The molecule has 0 saturated carbocycles. The van der Waals surface area contributed by atoms with Crippen LogP contribution in [0.5, 0.6) is 0 Å². The van der Waals surface area contributed by atoms with Gasteiger partial charge in [-0.3, -0.25) is 4.99 Å². The first-order valence-electron chi connectivity index (χ1n) is 14.7. The van der Waals surface area contributed by atoms with Gasteiger partial charge in [0, 0.05) is 86.8 Å². The van der Waals surface area contributed by atoms with E-state index in [4.69, 9.17) is 4.99 Å². The van der Waals surface area contributed by atoms with Gasteiger partial charge in [-0.1, -0.05) is 26.5 Å². The Kier molecular flexibility index (Phi) is 14.7.